The Morgan fingerprint density at radius 2 is 1.89 bits per heavy atom. The lowest BCUT2D eigenvalue weighted by atomic mass is 9.71. The van der Waals surface area contributed by atoms with Crippen LogP contribution in [0.3, 0.4) is 0 Å². The average Bonchev–Trinajstić information content (AvgIpc) is 3.58. The smallest absolute Gasteiger partial charge is 0.160 e. The lowest BCUT2D eigenvalue weighted by Gasteiger charge is -2.45. The van der Waals surface area contributed by atoms with Gasteiger partial charge in [0.1, 0.15) is 11.6 Å². The van der Waals surface area contributed by atoms with E-state index < -0.39 is 0 Å². The quantitative estimate of drug-likeness (QED) is 0.608. The van der Waals surface area contributed by atoms with Crippen LogP contribution < -0.4 is 20.9 Å². The molecule has 0 amide bonds. The number of rotatable bonds is 3. The molecule has 4 heterocycles. The van der Waals surface area contributed by atoms with Crippen LogP contribution in [0.1, 0.15) is 76.4 Å². The Labute approximate surface area is 228 Å². The number of nitrogens with zero attached hydrogens (tertiary/aromatic N) is 6. The summed E-state index contributed by atoms with van der Waals surface area (Å²) in [6, 6.07) is 4.56. The molecule has 3 aliphatic rings. The molecular weight excluding hydrogens is 472 g/mol. The summed E-state index contributed by atoms with van der Waals surface area (Å²) in [6.45, 7) is 15.9. The van der Waals surface area contributed by atoms with Gasteiger partial charge in [-0.2, -0.15) is 9.61 Å². The van der Waals surface area contributed by atoms with Gasteiger partial charge in [-0.1, -0.05) is 39.3 Å². The van der Waals surface area contributed by atoms with Gasteiger partial charge in [0.15, 0.2) is 5.65 Å². The second-order valence-corrected chi connectivity index (χ2v) is 12.0. The van der Waals surface area contributed by atoms with Gasteiger partial charge in [0.2, 0.25) is 0 Å². The lowest BCUT2D eigenvalue weighted by molar-refractivity contribution is 0.153. The van der Waals surface area contributed by atoms with E-state index in [1.165, 1.54) is 37.8 Å². The van der Waals surface area contributed by atoms with Gasteiger partial charge in [0.05, 0.1) is 11.7 Å². The zero-order chi connectivity index (χ0) is 26.9. The first-order valence-electron chi connectivity index (χ1n) is 14.8. The van der Waals surface area contributed by atoms with E-state index in [0.29, 0.717) is 5.92 Å². The molecule has 2 bridgehead atoms. The first-order valence-corrected chi connectivity index (χ1v) is 14.8. The number of allylic oxidation sites excluding steroid dienone is 1. The predicted octanol–water partition coefficient (Wildman–Crippen LogP) is 4.69. The van der Waals surface area contributed by atoms with E-state index in [-0.39, 0.29) is 11.5 Å². The summed E-state index contributed by atoms with van der Waals surface area (Å²) >= 11 is 0. The molecule has 0 aromatic carbocycles. The summed E-state index contributed by atoms with van der Waals surface area (Å²) in [7, 11) is 4.38. The third-order valence-corrected chi connectivity index (χ3v) is 9.44. The Balaban J connectivity index is 1.57. The van der Waals surface area contributed by atoms with Gasteiger partial charge in [0.25, 0.3) is 0 Å². The summed E-state index contributed by atoms with van der Waals surface area (Å²) in [5.74, 6) is 2.65. The van der Waals surface area contributed by atoms with E-state index in [0.717, 1.165) is 87.1 Å². The number of hydrogen-bond acceptors (Lipinski definition) is 7. The Morgan fingerprint density at radius 3 is 2.61 bits per heavy atom. The van der Waals surface area contributed by atoms with Gasteiger partial charge in [0, 0.05) is 69.2 Å². The predicted molar refractivity (Wildman–Crippen MR) is 157 cm³/mol. The fourth-order valence-electron chi connectivity index (χ4n) is 6.86. The zero-order valence-corrected chi connectivity index (χ0v) is 23.9. The van der Waals surface area contributed by atoms with Gasteiger partial charge >= 0.3 is 0 Å². The van der Waals surface area contributed by atoms with Crippen molar-refractivity contribution in [1.82, 2.24) is 24.8 Å². The Kier molecular flexibility index (Phi) is 7.89. The highest BCUT2D eigenvalue weighted by Crippen LogP contribution is 2.45. The van der Waals surface area contributed by atoms with Gasteiger partial charge < -0.3 is 25.8 Å². The van der Waals surface area contributed by atoms with Crippen molar-refractivity contribution in [1.29, 1.82) is 0 Å². The van der Waals surface area contributed by atoms with Gasteiger partial charge in [-0.05, 0) is 51.0 Å². The highest BCUT2D eigenvalue weighted by molar-refractivity contribution is 5.60. The fourth-order valence-corrected chi connectivity index (χ4v) is 6.86. The molecule has 8 nitrogen and oxygen atoms in total. The summed E-state index contributed by atoms with van der Waals surface area (Å²) in [5.41, 5.74) is 10.4. The monoisotopic (exact) mass is 520 g/mol. The van der Waals surface area contributed by atoms with Crippen LogP contribution in [0.5, 0.6) is 0 Å². The van der Waals surface area contributed by atoms with Crippen molar-refractivity contribution in [2.75, 3.05) is 56.6 Å². The summed E-state index contributed by atoms with van der Waals surface area (Å²) in [6.07, 6.45) is 10.2. The van der Waals surface area contributed by atoms with Crippen LogP contribution in [0.15, 0.2) is 36.7 Å². The van der Waals surface area contributed by atoms with Crippen LogP contribution >= 0.6 is 0 Å². The number of fused-ring (bicyclic) bond motifs is 1. The zero-order valence-electron chi connectivity index (χ0n) is 23.9. The largest absolute Gasteiger partial charge is 0.388 e. The molecular formula is C30H48N8. The highest BCUT2D eigenvalue weighted by atomic mass is 15.4. The molecule has 2 fully saturated rings. The van der Waals surface area contributed by atoms with E-state index in [1.54, 1.807) is 0 Å². The van der Waals surface area contributed by atoms with Crippen LogP contribution in [0.25, 0.3) is 5.65 Å². The summed E-state index contributed by atoms with van der Waals surface area (Å²) in [4.78, 5) is 12.3. The van der Waals surface area contributed by atoms with Crippen molar-refractivity contribution >= 4 is 17.3 Å². The third kappa shape index (κ3) is 5.12. The Hall–Kier alpha value is -2.74. The first-order chi connectivity index (χ1) is 18.3. The molecule has 2 aromatic heterocycles. The minimum atomic E-state index is 0.0609. The number of hydrogen-bond donors (Lipinski definition) is 2. The van der Waals surface area contributed by atoms with Crippen LogP contribution in [-0.2, 0) is 0 Å². The molecule has 2 aliphatic heterocycles. The van der Waals surface area contributed by atoms with Gasteiger partial charge in [-0.3, -0.25) is 0 Å². The maximum atomic E-state index is 6.00. The average molecular weight is 521 g/mol. The molecule has 38 heavy (non-hydrogen) atoms. The minimum Gasteiger partial charge on any atom is -0.388 e. The van der Waals surface area contributed by atoms with Gasteiger partial charge in [-0.25, -0.2) is 4.98 Å². The fraction of sp³-hybridized carbons (Fsp3) is 0.667. The molecule has 208 valence electrons. The molecule has 0 radical (unpaired) electrons. The van der Waals surface area contributed by atoms with Gasteiger partial charge in [-0.15, -0.1) is 0 Å². The molecule has 3 N–H and O–H groups in total. The molecule has 8 heteroatoms. The van der Waals surface area contributed by atoms with Crippen LogP contribution in [-0.4, -0.2) is 66.3 Å². The van der Waals surface area contributed by atoms with Crippen LogP contribution in [0, 0.1) is 11.3 Å². The summed E-state index contributed by atoms with van der Waals surface area (Å²) in [5, 5.41) is 8.94. The maximum absolute atomic E-state index is 6.00. The van der Waals surface area contributed by atoms with Crippen molar-refractivity contribution < 1.29 is 0 Å². The van der Waals surface area contributed by atoms with Crippen molar-refractivity contribution in [3.63, 3.8) is 0 Å². The number of nitrogens with two attached hydrogens (primary N) is 1. The second kappa shape index (κ2) is 11.2. The number of nitrogens with one attached hydrogen (secondary N) is 1. The molecule has 2 unspecified atom stereocenters. The lowest BCUT2D eigenvalue weighted by Crippen LogP contribution is -2.43. The maximum Gasteiger partial charge on any atom is 0.160 e. The number of anilines is 2. The molecule has 2 atom stereocenters. The Bertz CT molecular complexity index is 1150. The number of aromatic nitrogens is 3. The molecule has 1 saturated heterocycles. The molecule has 5 rings (SSSR count). The normalized spacial score (nSPS) is 25.2. The van der Waals surface area contributed by atoms with E-state index in [2.05, 4.69) is 64.3 Å². The summed E-state index contributed by atoms with van der Waals surface area (Å²) < 4.78 is 2.05. The molecule has 1 saturated carbocycles. The van der Waals surface area contributed by atoms with Crippen molar-refractivity contribution in [3.8, 4) is 0 Å². The van der Waals surface area contributed by atoms with E-state index >= 15 is 0 Å². The van der Waals surface area contributed by atoms with E-state index in [9.17, 15) is 0 Å². The molecule has 1 aliphatic carbocycles. The highest BCUT2D eigenvalue weighted by Gasteiger charge is 2.38. The standard InChI is InChI=1S/C30H48N8/c1-6-26-25-17-28-33-27(37-16-12-24(19-31)20-37)18-29(38(28)34-25)35(4)15-10-11-22(2)32-21-30(23(3)36(26)5)13-8-7-9-14-30/h17-18,24,26,32H,2-3,6-16,19-21,31H2,1,4-5H3. The molecule has 1 spiro atoms. The Morgan fingerprint density at radius 1 is 1.11 bits per heavy atom. The molecule has 2 aromatic rings. The van der Waals surface area contributed by atoms with E-state index in [1.807, 2.05) is 0 Å². The minimum absolute atomic E-state index is 0.0609. The van der Waals surface area contributed by atoms with E-state index in [4.69, 9.17) is 22.4 Å². The topological polar surface area (TPSA) is 78.0 Å². The van der Waals surface area contributed by atoms with Crippen molar-refractivity contribution in [3.05, 3.63) is 42.4 Å². The third-order valence-electron chi connectivity index (χ3n) is 9.44. The van der Waals surface area contributed by atoms with Crippen LogP contribution in [0.2, 0.25) is 0 Å². The van der Waals surface area contributed by atoms with Crippen LogP contribution in [0.4, 0.5) is 11.6 Å². The SMILES string of the molecule is C=C1CCCN(C)c2cc(N3CCC(CN)C3)nc3cc(nn23)C(CC)N(C)C(=C)C2(CCCCC2)CN1. The van der Waals surface area contributed by atoms with Crippen molar-refractivity contribution in [2.24, 2.45) is 17.1 Å². The first kappa shape index (κ1) is 26.9. The van der Waals surface area contributed by atoms with Crippen molar-refractivity contribution in [2.45, 2.75) is 70.8 Å². The second-order valence-electron chi connectivity index (χ2n) is 12.0.